The van der Waals surface area contributed by atoms with Crippen molar-refractivity contribution < 1.29 is 21.9 Å². The summed E-state index contributed by atoms with van der Waals surface area (Å²) in [6.45, 7) is 5.32. The Hall–Kier alpha value is -2.61. The van der Waals surface area contributed by atoms with Crippen LogP contribution in [-0.2, 0) is 14.8 Å². The first-order valence-electron chi connectivity index (χ1n) is 11.6. The van der Waals surface area contributed by atoms with Crippen LogP contribution in [0.1, 0.15) is 17.8 Å². The van der Waals surface area contributed by atoms with Crippen molar-refractivity contribution in [2.75, 3.05) is 67.5 Å². The number of aryl methyl sites for hydroxylation is 1. The number of nitrogens with zero attached hydrogens (tertiary/aromatic N) is 7. The highest BCUT2D eigenvalue weighted by Gasteiger charge is 2.29. The Balaban J connectivity index is 1.60. The number of alkyl halides is 3. The third-order valence-electron chi connectivity index (χ3n) is 6.42. The highest BCUT2D eigenvalue weighted by molar-refractivity contribution is 7.90. The number of para-hydroxylation sites is 1. The molecule has 0 spiro atoms. The lowest BCUT2D eigenvalue weighted by Gasteiger charge is -2.35. The van der Waals surface area contributed by atoms with Gasteiger partial charge in [0.1, 0.15) is 16.8 Å². The van der Waals surface area contributed by atoms with Gasteiger partial charge < -0.3 is 14.5 Å². The van der Waals surface area contributed by atoms with Gasteiger partial charge in [0.25, 0.3) is 6.43 Å². The maximum absolute atomic E-state index is 14.1. The average Bonchev–Trinajstić information content (AvgIpc) is 3.30. The van der Waals surface area contributed by atoms with Crippen molar-refractivity contribution in [3.05, 3.63) is 35.7 Å². The molecule has 0 saturated carbocycles. The Morgan fingerprint density at radius 3 is 2.25 bits per heavy atom. The first kappa shape index (κ1) is 25.1. The Morgan fingerprint density at radius 2 is 1.64 bits per heavy atom. The van der Waals surface area contributed by atoms with E-state index in [1.165, 1.54) is 8.87 Å². The molecule has 2 aliphatic rings. The lowest BCUT2D eigenvalue weighted by Crippen LogP contribution is -2.49. The molecule has 2 aromatic heterocycles. The predicted octanol–water partition coefficient (Wildman–Crippen LogP) is 2.55. The van der Waals surface area contributed by atoms with Crippen LogP contribution in [0, 0.1) is 6.92 Å². The fraction of sp³-hybridized carbons (Fsp3) is 0.500. The number of piperazine rings is 1. The normalized spacial score (nSPS) is 17.9. The molecule has 0 amide bonds. The van der Waals surface area contributed by atoms with Crippen molar-refractivity contribution in [3.63, 3.8) is 0 Å². The summed E-state index contributed by atoms with van der Waals surface area (Å²) < 4.78 is 60.7. The first-order chi connectivity index (χ1) is 17.3. The number of ether oxygens (including phenoxy) is 1. The summed E-state index contributed by atoms with van der Waals surface area (Å²) in [5, 5.41) is -0.477. The van der Waals surface area contributed by atoms with Crippen LogP contribution in [0.3, 0.4) is 0 Å². The summed E-state index contributed by atoms with van der Waals surface area (Å²) in [6, 6.07) is 7.14. The van der Waals surface area contributed by atoms with Crippen LogP contribution in [-0.4, -0.2) is 89.9 Å². The summed E-state index contributed by atoms with van der Waals surface area (Å²) in [4.78, 5) is 17.5. The molecule has 36 heavy (non-hydrogen) atoms. The topological polar surface area (TPSA) is 96.7 Å². The molecular formula is C22H26ClF2N7O3S. The molecule has 0 N–H and O–H groups in total. The van der Waals surface area contributed by atoms with E-state index in [9.17, 15) is 17.2 Å². The van der Waals surface area contributed by atoms with Gasteiger partial charge >= 0.3 is 0 Å². The molecule has 14 heteroatoms. The minimum absolute atomic E-state index is 0.0909. The second-order valence-corrected chi connectivity index (χ2v) is 11.2. The van der Waals surface area contributed by atoms with Crippen LogP contribution in [0.25, 0.3) is 17.0 Å². The van der Waals surface area contributed by atoms with E-state index in [4.69, 9.17) is 16.3 Å². The van der Waals surface area contributed by atoms with E-state index in [-0.39, 0.29) is 19.0 Å². The number of hydrogen-bond acceptors (Lipinski definition) is 8. The molecule has 0 radical (unpaired) electrons. The number of anilines is 2. The lowest BCUT2D eigenvalue weighted by molar-refractivity contribution is 0.122. The van der Waals surface area contributed by atoms with Crippen LogP contribution in [0.4, 0.5) is 20.4 Å². The Labute approximate surface area is 212 Å². The van der Waals surface area contributed by atoms with Gasteiger partial charge in [0.2, 0.25) is 16.0 Å². The molecule has 5 rings (SSSR count). The second kappa shape index (κ2) is 10.0. The summed E-state index contributed by atoms with van der Waals surface area (Å²) in [6.07, 6.45) is -2.83. The molecule has 3 aromatic rings. The van der Waals surface area contributed by atoms with Crippen molar-refractivity contribution in [1.29, 1.82) is 0 Å². The fourth-order valence-corrected chi connectivity index (χ4v) is 5.78. The van der Waals surface area contributed by atoms with E-state index in [0.29, 0.717) is 62.1 Å². The number of halogens is 3. The summed E-state index contributed by atoms with van der Waals surface area (Å²) in [5.74, 6) is 0.776. The van der Waals surface area contributed by atoms with Crippen molar-refractivity contribution >= 4 is 44.3 Å². The second-order valence-electron chi connectivity index (χ2n) is 8.64. The van der Waals surface area contributed by atoms with Crippen molar-refractivity contribution in [1.82, 2.24) is 23.8 Å². The average molecular weight is 542 g/mol. The maximum atomic E-state index is 14.1. The number of aromatic nitrogens is 4. The number of rotatable bonds is 6. The van der Waals surface area contributed by atoms with Gasteiger partial charge in [0.15, 0.2) is 5.82 Å². The first-order valence-corrected chi connectivity index (χ1v) is 13.7. The number of sulfonamides is 1. The van der Waals surface area contributed by atoms with E-state index in [2.05, 4.69) is 15.0 Å². The number of imidazole rings is 1. The van der Waals surface area contributed by atoms with Gasteiger partial charge in [-0.1, -0.05) is 12.1 Å². The van der Waals surface area contributed by atoms with E-state index in [0.717, 1.165) is 5.56 Å². The Bertz CT molecular complexity index is 1360. The molecule has 2 aliphatic heterocycles. The van der Waals surface area contributed by atoms with E-state index < -0.39 is 27.5 Å². The molecule has 4 heterocycles. The van der Waals surface area contributed by atoms with Gasteiger partial charge in [-0.2, -0.15) is 14.3 Å². The fourth-order valence-electron chi connectivity index (χ4n) is 4.50. The smallest absolute Gasteiger partial charge is 0.296 e. The summed E-state index contributed by atoms with van der Waals surface area (Å²) >= 11 is 5.61. The van der Waals surface area contributed by atoms with E-state index >= 15 is 0 Å². The third-order valence-corrected chi connectivity index (χ3v) is 8.68. The van der Waals surface area contributed by atoms with E-state index in [1.54, 1.807) is 12.1 Å². The number of fused-ring (bicyclic) bond motifs is 1. The molecule has 10 nitrogen and oxygen atoms in total. The third kappa shape index (κ3) is 4.72. The molecular weight excluding hydrogens is 516 g/mol. The largest absolute Gasteiger partial charge is 0.378 e. The Kier molecular flexibility index (Phi) is 6.99. The zero-order valence-electron chi connectivity index (χ0n) is 19.6. The van der Waals surface area contributed by atoms with Gasteiger partial charge in [-0.3, -0.25) is 4.57 Å². The SMILES string of the molecule is Cc1cccc2c1nc(C(F)F)n2-c1nc(N2CCOCC2)cc(N2CCN(S(=O)(=O)CCl)CC2)n1. The molecule has 0 unspecified atom stereocenters. The summed E-state index contributed by atoms with van der Waals surface area (Å²) in [5.41, 5.74) is 1.73. The summed E-state index contributed by atoms with van der Waals surface area (Å²) in [7, 11) is -3.52. The van der Waals surface area contributed by atoms with Crippen LogP contribution in [0.5, 0.6) is 0 Å². The van der Waals surface area contributed by atoms with Crippen LogP contribution in [0.2, 0.25) is 0 Å². The highest BCUT2D eigenvalue weighted by Crippen LogP contribution is 2.31. The predicted molar refractivity (Wildman–Crippen MR) is 133 cm³/mol. The number of morpholine rings is 1. The van der Waals surface area contributed by atoms with Gasteiger partial charge in [0, 0.05) is 45.3 Å². The van der Waals surface area contributed by atoms with E-state index in [1.807, 2.05) is 28.9 Å². The monoisotopic (exact) mass is 541 g/mol. The number of hydrogen-bond donors (Lipinski definition) is 0. The zero-order chi connectivity index (χ0) is 25.4. The molecule has 2 saturated heterocycles. The maximum Gasteiger partial charge on any atom is 0.296 e. The zero-order valence-corrected chi connectivity index (χ0v) is 21.2. The molecule has 0 aliphatic carbocycles. The van der Waals surface area contributed by atoms with Crippen LogP contribution < -0.4 is 9.80 Å². The molecule has 194 valence electrons. The van der Waals surface area contributed by atoms with Crippen LogP contribution >= 0.6 is 11.6 Å². The highest BCUT2D eigenvalue weighted by atomic mass is 35.5. The Morgan fingerprint density at radius 1 is 1.00 bits per heavy atom. The molecule has 2 fully saturated rings. The van der Waals surface area contributed by atoms with Crippen LogP contribution in [0.15, 0.2) is 24.3 Å². The van der Waals surface area contributed by atoms with Crippen molar-refractivity contribution in [2.24, 2.45) is 0 Å². The van der Waals surface area contributed by atoms with Gasteiger partial charge in [-0.25, -0.2) is 22.2 Å². The van der Waals surface area contributed by atoms with Gasteiger partial charge in [0.05, 0.1) is 24.2 Å². The van der Waals surface area contributed by atoms with Gasteiger partial charge in [-0.15, -0.1) is 11.6 Å². The number of benzene rings is 1. The molecule has 1 aromatic carbocycles. The molecule has 0 atom stereocenters. The van der Waals surface area contributed by atoms with Gasteiger partial charge in [-0.05, 0) is 18.6 Å². The van der Waals surface area contributed by atoms with Crippen molar-refractivity contribution in [3.8, 4) is 5.95 Å². The minimum atomic E-state index is -3.52. The van der Waals surface area contributed by atoms with Crippen molar-refractivity contribution in [2.45, 2.75) is 13.3 Å². The lowest BCUT2D eigenvalue weighted by atomic mass is 10.2. The standard InChI is InChI=1S/C22H26ClF2N7O3S/c1-15-3-2-4-16-19(15)28-21(20(24)25)32(16)22-26-17(13-18(27-22)30-9-11-35-12-10-30)29-5-7-31(8-6-29)36(33,34)14-23/h2-4,13,20H,5-12,14H2,1H3. The minimum Gasteiger partial charge on any atom is -0.378 e. The quantitative estimate of drug-likeness (QED) is 0.439. The molecule has 0 bridgehead atoms.